The predicted octanol–water partition coefficient (Wildman–Crippen LogP) is 0.433. The minimum Gasteiger partial charge on any atom is -0.664 e. The molecular weight excluding hydrogens is 211 g/mol. The Hall–Kier alpha value is 1.56. The number of nitrogens with one attached hydrogen (secondary N) is 1. The third-order valence-electron chi connectivity index (χ3n) is 1.73. The molecular formula is C12H29KN2. The number of hydrogen-bond donors (Lipinski definition) is 1. The fraction of sp³-hybridized carbons (Fsp3) is 1.00. The topological polar surface area (TPSA) is 26.1 Å². The Morgan fingerprint density at radius 3 is 1.80 bits per heavy atom. The molecule has 0 heterocycles. The van der Waals surface area contributed by atoms with Gasteiger partial charge in [0.2, 0.25) is 0 Å². The minimum absolute atomic E-state index is 0. The summed E-state index contributed by atoms with van der Waals surface area (Å²) in [5.41, 5.74) is 0. The van der Waals surface area contributed by atoms with Crippen LogP contribution in [0.2, 0.25) is 0 Å². The van der Waals surface area contributed by atoms with Crippen LogP contribution in [-0.2, 0) is 0 Å². The van der Waals surface area contributed by atoms with E-state index in [-0.39, 0.29) is 51.4 Å². The van der Waals surface area contributed by atoms with Crippen LogP contribution >= 0.6 is 0 Å². The van der Waals surface area contributed by atoms with Crippen LogP contribution in [-0.4, -0.2) is 25.7 Å². The largest absolute Gasteiger partial charge is 1.00 e. The summed E-state index contributed by atoms with van der Waals surface area (Å²) in [5, 5.41) is 7.70. The summed E-state index contributed by atoms with van der Waals surface area (Å²) in [6, 6.07) is 1.13. The molecule has 3 heteroatoms. The molecule has 0 rings (SSSR count). The van der Waals surface area contributed by atoms with Crippen molar-refractivity contribution in [3.8, 4) is 0 Å². The van der Waals surface area contributed by atoms with E-state index in [2.05, 4.69) is 38.3 Å². The predicted molar refractivity (Wildman–Crippen MR) is 67.0 cm³/mol. The van der Waals surface area contributed by atoms with Crippen molar-refractivity contribution >= 4 is 0 Å². The van der Waals surface area contributed by atoms with Gasteiger partial charge in [0.25, 0.3) is 0 Å². The number of likely N-dealkylation sites (N-methyl/N-ethyl adjacent to an activating group) is 1. The maximum absolute atomic E-state index is 4.18. The second kappa shape index (κ2) is 15.6. The van der Waals surface area contributed by atoms with E-state index in [0.29, 0.717) is 12.1 Å². The van der Waals surface area contributed by atoms with E-state index in [1.54, 1.807) is 0 Å². The average Bonchev–Trinajstić information content (AvgIpc) is 2.06. The van der Waals surface area contributed by atoms with E-state index >= 15 is 0 Å². The van der Waals surface area contributed by atoms with Gasteiger partial charge >= 0.3 is 51.4 Å². The van der Waals surface area contributed by atoms with Gasteiger partial charge in [0.15, 0.2) is 0 Å². The van der Waals surface area contributed by atoms with Crippen LogP contribution in [0.3, 0.4) is 0 Å². The maximum Gasteiger partial charge on any atom is 1.00 e. The van der Waals surface area contributed by atoms with Crippen LogP contribution < -0.4 is 56.7 Å². The van der Waals surface area contributed by atoms with E-state index in [4.69, 9.17) is 0 Å². The standard InChI is InChI=1S/C10H23N2.C2H6.K/c1-8(2)6-10(7-11-5)12-9(3)4;1-2;/h8-10,12H,6-7H2,1-5H3;1-2H3;/q-1;;+1. The number of rotatable bonds is 6. The first-order chi connectivity index (χ1) is 6.56. The Labute approximate surface area is 140 Å². The molecule has 0 fully saturated rings. The summed E-state index contributed by atoms with van der Waals surface area (Å²) in [5.74, 6) is 0.753. The van der Waals surface area contributed by atoms with Gasteiger partial charge in [0.05, 0.1) is 0 Å². The molecule has 0 aliphatic carbocycles. The minimum atomic E-state index is 0. The molecule has 0 aromatic carbocycles. The molecule has 0 bridgehead atoms. The van der Waals surface area contributed by atoms with Gasteiger partial charge in [-0.15, -0.1) is 6.54 Å². The van der Waals surface area contributed by atoms with Gasteiger partial charge in [-0.2, -0.15) is 7.05 Å². The number of nitrogens with zero attached hydrogens (tertiary/aromatic N) is 1. The van der Waals surface area contributed by atoms with Crippen molar-refractivity contribution in [3.63, 3.8) is 0 Å². The van der Waals surface area contributed by atoms with Crippen molar-refractivity contribution in [2.24, 2.45) is 5.92 Å². The molecule has 0 saturated carbocycles. The van der Waals surface area contributed by atoms with Crippen molar-refractivity contribution in [2.45, 2.75) is 60.0 Å². The second-order valence-corrected chi connectivity index (χ2v) is 4.15. The quantitative estimate of drug-likeness (QED) is 0.670. The molecule has 0 aromatic rings. The Morgan fingerprint density at radius 2 is 1.53 bits per heavy atom. The van der Waals surface area contributed by atoms with Gasteiger partial charge in [-0.1, -0.05) is 41.5 Å². The van der Waals surface area contributed by atoms with Gasteiger partial charge in [0, 0.05) is 6.04 Å². The van der Waals surface area contributed by atoms with Crippen LogP contribution in [0.25, 0.3) is 5.32 Å². The fourth-order valence-corrected chi connectivity index (χ4v) is 1.46. The zero-order valence-corrected chi connectivity index (χ0v) is 15.2. The van der Waals surface area contributed by atoms with E-state index in [0.717, 1.165) is 12.5 Å². The van der Waals surface area contributed by atoms with Crippen LogP contribution in [0.5, 0.6) is 0 Å². The third-order valence-corrected chi connectivity index (χ3v) is 1.73. The first-order valence-electron chi connectivity index (χ1n) is 5.87. The smallest absolute Gasteiger partial charge is 0.664 e. The molecule has 0 radical (unpaired) electrons. The molecule has 0 aliphatic rings. The zero-order valence-electron chi connectivity index (χ0n) is 12.1. The normalized spacial score (nSPS) is 11.8. The summed E-state index contributed by atoms with van der Waals surface area (Å²) in [4.78, 5) is 0. The Morgan fingerprint density at radius 1 is 1.07 bits per heavy atom. The van der Waals surface area contributed by atoms with Crippen molar-refractivity contribution in [3.05, 3.63) is 5.32 Å². The Kier molecular flexibility index (Phi) is 22.6. The number of hydrogen-bond acceptors (Lipinski definition) is 1. The maximum atomic E-state index is 4.18. The molecule has 1 atom stereocenters. The third kappa shape index (κ3) is 18.1. The van der Waals surface area contributed by atoms with Gasteiger partial charge in [-0.25, -0.2) is 0 Å². The van der Waals surface area contributed by atoms with Crippen molar-refractivity contribution in [1.29, 1.82) is 0 Å². The molecule has 2 nitrogen and oxygen atoms in total. The fourth-order valence-electron chi connectivity index (χ4n) is 1.46. The SMILES string of the molecule is CC.C[N-]CC(CC(C)C)NC(C)C.[K+]. The first kappa shape index (κ1) is 21.8. The van der Waals surface area contributed by atoms with E-state index in [1.807, 2.05) is 20.9 Å². The Balaban J connectivity index is -0.000000449. The van der Waals surface area contributed by atoms with Crippen LogP contribution in [0.15, 0.2) is 0 Å². The summed E-state index contributed by atoms with van der Waals surface area (Å²) in [6.07, 6.45) is 1.22. The van der Waals surface area contributed by atoms with Gasteiger partial charge < -0.3 is 10.6 Å². The van der Waals surface area contributed by atoms with E-state index < -0.39 is 0 Å². The van der Waals surface area contributed by atoms with Crippen molar-refractivity contribution in [1.82, 2.24) is 5.32 Å². The molecule has 15 heavy (non-hydrogen) atoms. The van der Waals surface area contributed by atoms with Gasteiger partial charge in [-0.05, 0) is 18.4 Å². The molecule has 0 saturated heterocycles. The molecule has 0 aromatic heterocycles. The summed E-state index contributed by atoms with van der Waals surface area (Å²) >= 11 is 0. The molecule has 1 N–H and O–H groups in total. The summed E-state index contributed by atoms with van der Waals surface area (Å²) in [7, 11) is 1.88. The first-order valence-corrected chi connectivity index (χ1v) is 5.87. The molecule has 0 spiro atoms. The zero-order chi connectivity index (χ0) is 11.6. The van der Waals surface area contributed by atoms with Gasteiger partial charge in [0.1, 0.15) is 0 Å². The summed E-state index contributed by atoms with van der Waals surface area (Å²) < 4.78 is 0. The van der Waals surface area contributed by atoms with Crippen LogP contribution in [0.1, 0.15) is 48.0 Å². The van der Waals surface area contributed by atoms with Crippen molar-refractivity contribution in [2.75, 3.05) is 13.6 Å². The molecule has 88 valence electrons. The van der Waals surface area contributed by atoms with E-state index in [9.17, 15) is 0 Å². The molecule has 1 unspecified atom stereocenters. The monoisotopic (exact) mass is 240 g/mol. The molecule has 0 amide bonds. The van der Waals surface area contributed by atoms with Crippen molar-refractivity contribution < 1.29 is 51.4 Å². The Bertz CT molecular complexity index is 95.8. The van der Waals surface area contributed by atoms with Crippen LogP contribution in [0.4, 0.5) is 0 Å². The van der Waals surface area contributed by atoms with Crippen LogP contribution in [0, 0.1) is 5.92 Å². The molecule has 0 aliphatic heterocycles. The van der Waals surface area contributed by atoms with Gasteiger partial charge in [-0.3, -0.25) is 0 Å². The average molecular weight is 240 g/mol. The van der Waals surface area contributed by atoms with E-state index in [1.165, 1.54) is 6.42 Å². The summed E-state index contributed by atoms with van der Waals surface area (Å²) in [6.45, 7) is 13.8. The second-order valence-electron chi connectivity index (χ2n) is 4.15.